The summed E-state index contributed by atoms with van der Waals surface area (Å²) in [6, 6.07) is 16.8. The topological polar surface area (TPSA) is 25.3 Å². The Hall–Kier alpha value is -1.99. The summed E-state index contributed by atoms with van der Waals surface area (Å²) in [5.41, 5.74) is 20.3. The molecule has 1 heterocycles. The molecule has 3 heteroatoms. The molecule has 2 aromatic carbocycles. The van der Waals surface area contributed by atoms with Crippen LogP contribution in [0.4, 0.5) is 0 Å². The molecule has 2 nitrogen and oxygen atoms in total. The molecule has 69 heavy (non-hydrogen) atoms. The van der Waals surface area contributed by atoms with E-state index >= 15 is 0 Å². The van der Waals surface area contributed by atoms with E-state index in [1.54, 1.807) is 0 Å². The van der Waals surface area contributed by atoms with Crippen LogP contribution in [0.1, 0.15) is 320 Å². The van der Waals surface area contributed by atoms with E-state index in [1.807, 2.05) is 0 Å². The Morgan fingerprint density at radius 3 is 0.870 bits per heavy atom. The molecule has 0 saturated carbocycles. The predicted octanol–water partition coefficient (Wildman–Crippen LogP) is 23.6. The fraction of sp³-hybridized carbons (Fsp3) is 0.727. The zero-order valence-corrected chi connectivity index (χ0v) is 47.9. The van der Waals surface area contributed by atoms with E-state index in [0.717, 1.165) is 61.0 Å². The number of allylic oxidation sites excluding steroid dienone is 2. The number of hydrogen-bond acceptors (Lipinski definition) is 0. The van der Waals surface area contributed by atoms with Crippen LogP contribution in [0.5, 0.6) is 0 Å². The van der Waals surface area contributed by atoms with Crippen molar-refractivity contribution >= 4 is 11.4 Å². The Kier molecular flexibility index (Phi) is 48.2. The number of benzene rings is 2. The molecular formula is C66H114N2Ni. The maximum Gasteiger partial charge on any atom is 2.00 e. The third-order valence-electron chi connectivity index (χ3n) is 14.3. The van der Waals surface area contributed by atoms with E-state index in [1.165, 1.54) is 258 Å². The SMILES string of the molecule is CCCCC1=C(c2cccc(C)c2)[N+](=[N-])C(c2cccc(C)c2)=C1CC.[CH2-]CCCCCCCCCCCCCCCCCCCC.[CH2-]CCCCCCCCCCCCCCCCCCCC.[Ni+2]. The van der Waals surface area contributed by atoms with Gasteiger partial charge in [0.2, 0.25) is 11.4 Å². The fourth-order valence-corrected chi connectivity index (χ4v) is 9.99. The van der Waals surface area contributed by atoms with Crippen molar-refractivity contribution in [3.8, 4) is 0 Å². The predicted molar refractivity (Wildman–Crippen MR) is 307 cm³/mol. The minimum atomic E-state index is 0. The molecule has 1 aliphatic heterocycles. The smallest absolute Gasteiger partial charge is 0.493 e. The van der Waals surface area contributed by atoms with Crippen molar-refractivity contribution in [3.63, 3.8) is 0 Å². The summed E-state index contributed by atoms with van der Waals surface area (Å²) in [5.74, 6) is 0. The zero-order chi connectivity index (χ0) is 49.6. The summed E-state index contributed by atoms with van der Waals surface area (Å²) in [7, 11) is 0. The second-order valence-electron chi connectivity index (χ2n) is 20.9. The molecule has 0 aliphatic carbocycles. The molecule has 1 aliphatic rings. The summed E-state index contributed by atoms with van der Waals surface area (Å²) in [5, 5.41) is 0. The van der Waals surface area contributed by atoms with Crippen LogP contribution in [0, 0.1) is 27.7 Å². The van der Waals surface area contributed by atoms with Crippen molar-refractivity contribution < 1.29 is 21.2 Å². The molecule has 0 atom stereocenters. The van der Waals surface area contributed by atoms with Gasteiger partial charge in [0.25, 0.3) is 0 Å². The van der Waals surface area contributed by atoms with Gasteiger partial charge >= 0.3 is 16.5 Å². The van der Waals surface area contributed by atoms with Crippen LogP contribution in [0.15, 0.2) is 59.7 Å². The Labute approximate surface area is 442 Å². The van der Waals surface area contributed by atoms with Gasteiger partial charge in [-0.05, 0) is 57.4 Å². The summed E-state index contributed by atoms with van der Waals surface area (Å²) in [6.07, 6.45) is 58.8. The van der Waals surface area contributed by atoms with E-state index in [-0.39, 0.29) is 16.5 Å². The zero-order valence-electron chi connectivity index (χ0n) is 46.9. The molecule has 0 amide bonds. The maximum atomic E-state index is 11.2. The largest absolute Gasteiger partial charge is 2.00 e. The number of hydrogen-bond donors (Lipinski definition) is 0. The van der Waals surface area contributed by atoms with E-state index in [9.17, 15) is 5.53 Å². The molecule has 3 rings (SSSR count). The van der Waals surface area contributed by atoms with E-state index in [2.05, 4.69) is 104 Å². The van der Waals surface area contributed by atoms with Crippen molar-refractivity contribution in [3.05, 3.63) is 101 Å². The van der Waals surface area contributed by atoms with Crippen LogP contribution < -0.4 is 0 Å². The standard InChI is InChI=1S/C24H28N2.2C21H43.Ni/c1-5-7-14-22-21(6-2)23(19-12-8-10-17(3)15-19)26(25)24(22)20-13-9-11-18(4)16-20;2*1-3-5-7-9-11-13-15-17-19-21-20-18-16-14-12-10-8-6-4-2;/h8-13,15-16H,5-7,14H2,1-4H3;2*1,3-21H2,2H3;/q;2*-1;+2. The fourth-order valence-electron chi connectivity index (χ4n) is 9.99. The van der Waals surface area contributed by atoms with Gasteiger partial charge in [-0.2, -0.15) is 12.8 Å². The van der Waals surface area contributed by atoms with Crippen molar-refractivity contribution in [2.45, 2.75) is 311 Å². The number of unbranched alkanes of at least 4 members (excludes halogenated alkanes) is 37. The maximum absolute atomic E-state index is 11.2. The van der Waals surface area contributed by atoms with Crippen molar-refractivity contribution in [2.24, 2.45) is 0 Å². The van der Waals surface area contributed by atoms with Crippen LogP contribution in [0.25, 0.3) is 16.9 Å². The van der Waals surface area contributed by atoms with Crippen LogP contribution in [0.2, 0.25) is 0 Å². The molecule has 0 N–H and O–H groups in total. The van der Waals surface area contributed by atoms with Crippen molar-refractivity contribution in [2.75, 3.05) is 0 Å². The van der Waals surface area contributed by atoms with Gasteiger partial charge in [0.1, 0.15) is 0 Å². The second-order valence-corrected chi connectivity index (χ2v) is 20.9. The third kappa shape index (κ3) is 34.9. The first-order valence-corrected chi connectivity index (χ1v) is 30.1. The quantitative estimate of drug-likeness (QED) is 0.0274. The van der Waals surface area contributed by atoms with Crippen LogP contribution in [-0.2, 0) is 16.5 Å². The second kappa shape index (κ2) is 49.6. The van der Waals surface area contributed by atoms with Gasteiger partial charge in [-0.15, -0.1) is 0 Å². The summed E-state index contributed by atoms with van der Waals surface area (Å²) in [6.45, 7) is 21.0. The van der Waals surface area contributed by atoms with Crippen molar-refractivity contribution in [1.82, 2.24) is 0 Å². The minimum Gasteiger partial charge on any atom is -0.493 e. The van der Waals surface area contributed by atoms with Gasteiger partial charge < -0.3 is 19.4 Å². The first-order chi connectivity index (χ1) is 33.4. The summed E-state index contributed by atoms with van der Waals surface area (Å²) >= 11 is 0. The first kappa shape index (κ1) is 67.0. The number of rotatable bonds is 42. The van der Waals surface area contributed by atoms with E-state index in [4.69, 9.17) is 0 Å². The minimum absolute atomic E-state index is 0. The molecule has 0 bridgehead atoms. The molecule has 0 aromatic heterocycles. The Balaban J connectivity index is 0.00000101. The monoisotopic (exact) mass is 993 g/mol. The molecule has 398 valence electrons. The summed E-state index contributed by atoms with van der Waals surface area (Å²) < 4.78 is 1.44. The molecule has 0 saturated heterocycles. The number of aryl methyl sites for hydroxylation is 2. The molecule has 0 radical (unpaired) electrons. The van der Waals surface area contributed by atoms with Gasteiger partial charge in [0.05, 0.1) is 0 Å². The first-order valence-electron chi connectivity index (χ1n) is 30.1. The van der Waals surface area contributed by atoms with Gasteiger partial charge in [0, 0.05) is 22.3 Å². The Morgan fingerprint density at radius 1 is 0.362 bits per heavy atom. The molecule has 0 fully saturated rings. The van der Waals surface area contributed by atoms with E-state index < -0.39 is 0 Å². The van der Waals surface area contributed by atoms with Crippen molar-refractivity contribution in [1.29, 1.82) is 0 Å². The molecule has 0 unspecified atom stereocenters. The summed E-state index contributed by atoms with van der Waals surface area (Å²) in [4.78, 5) is 0. The average Bonchev–Trinajstić information content (AvgIpc) is 3.63. The Bertz CT molecular complexity index is 1440. The third-order valence-corrected chi connectivity index (χ3v) is 14.3. The molecule has 0 spiro atoms. The van der Waals surface area contributed by atoms with Crippen LogP contribution in [-0.4, -0.2) is 4.70 Å². The van der Waals surface area contributed by atoms with Gasteiger partial charge in [-0.3, -0.25) is 0 Å². The van der Waals surface area contributed by atoms with Crippen LogP contribution >= 0.6 is 0 Å². The van der Waals surface area contributed by atoms with E-state index in [0.29, 0.717) is 0 Å². The van der Waals surface area contributed by atoms with Crippen LogP contribution in [0.3, 0.4) is 0 Å². The van der Waals surface area contributed by atoms with Gasteiger partial charge in [-0.25, -0.2) is 4.70 Å². The molecule has 2 aromatic rings. The average molecular weight is 994 g/mol. The Morgan fingerprint density at radius 2 is 0.623 bits per heavy atom. The molecular weight excluding hydrogens is 879 g/mol. The van der Waals surface area contributed by atoms with Gasteiger partial charge in [-0.1, -0.05) is 301 Å². The number of nitrogens with zero attached hydrogens (tertiary/aromatic N) is 2. The normalized spacial score (nSPS) is 12.3. The van der Waals surface area contributed by atoms with Gasteiger partial charge in [0.15, 0.2) is 0 Å².